The minimum Gasteiger partial charge on any atom is -0.478 e. The third-order valence-corrected chi connectivity index (χ3v) is 6.93. The predicted molar refractivity (Wildman–Crippen MR) is 127 cm³/mol. The molecule has 1 amide bonds. The maximum atomic E-state index is 13.1. The minimum atomic E-state index is -3.92. The summed E-state index contributed by atoms with van der Waals surface area (Å²) in [6.45, 7) is 8.22. The molecule has 3 rings (SSSR count). The highest BCUT2D eigenvalue weighted by molar-refractivity contribution is 7.92. The van der Waals surface area contributed by atoms with Crippen LogP contribution in [0.2, 0.25) is 0 Å². The van der Waals surface area contributed by atoms with Crippen LogP contribution in [0.3, 0.4) is 0 Å². The molecule has 1 saturated heterocycles. The molecule has 33 heavy (non-hydrogen) atoms. The predicted octanol–water partition coefficient (Wildman–Crippen LogP) is 2.14. The molecule has 0 aliphatic carbocycles. The van der Waals surface area contributed by atoms with Gasteiger partial charge in [0.1, 0.15) is 0 Å². The standard InChI is InChI=1S/C23H30N4O5S/c1-16(2)24-22(28)15-26-10-12-27(13-11-26)20-9-8-18(23(29)30)14-19(20)25-33(31,32)21-7-5-4-6-17(21)3/h4-9,14,16,25H,10-13,15H2,1-3H3,(H,24,28)(H,29,30). The van der Waals surface area contributed by atoms with E-state index in [1.54, 1.807) is 31.2 Å². The number of rotatable bonds is 8. The summed E-state index contributed by atoms with van der Waals surface area (Å²) < 4.78 is 28.7. The van der Waals surface area contributed by atoms with E-state index in [2.05, 4.69) is 10.0 Å². The molecule has 0 saturated carbocycles. The van der Waals surface area contributed by atoms with Gasteiger partial charge in [-0.3, -0.25) is 14.4 Å². The number of nitrogens with zero attached hydrogens (tertiary/aromatic N) is 2. The van der Waals surface area contributed by atoms with E-state index in [1.807, 2.05) is 23.6 Å². The maximum Gasteiger partial charge on any atom is 0.335 e. The lowest BCUT2D eigenvalue weighted by Crippen LogP contribution is -2.50. The molecule has 0 atom stereocenters. The van der Waals surface area contributed by atoms with E-state index < -0.39 is 16.0 Å². The molecule has 1 heterocycles. The average molecular weight is 475 g/mol. The largest absolute Gasteiger partial charge is 0.478 e. The Morgan fingerprint density at radius 3 is 2.33 bits per heavy atom. The Labute approximate surface area is 194 Å². The van der Waals surface area contributed by atoms with Crippen LogP contribution in [0.4, 0.5) is 11.4 Å². The number of piperazine rings is 1. The van der Waals surface area contributed by atoms with Crippen LogP contribution in [0.1, 0.15) is 29.8 Å². The monoisotopic (exact) mass is 474 g/mol. The molecule has 178 valence electrons. The number of aryl methyl sites for hydroxylation is 1. The van der Waals surface area contributed by atoms with Crippen LogP contribution >= 0.6 is 0 Å². The number of carbonyl (C=O) groups excluding carboxylic acids is 1. The molecule has 0 aromatic heterocycles. The minimum absolute atomic E-state index is 0.00905. The van der Waals surface area contributed by atoms with Crippen LogP contribution in [0.15, 0.2) is 47.4 Å². The molecule has 1 aliphatic heterocycles. The lowest BCUT2D eigenvalue weighted by molar-refractivity contribution is -0.122. The van der Waals surface area contributed by atoms with E-state index in [0.29, 0.717) is 44.0 Å². The highest BCUT2D eigenvalue weighted by Gasteiger charge is 2.24. The number of carboxylic acid groups (broad SMARTS) is 1. The Kier molecular flexibility index (Phi) is 7.60. The molecule has 2 aromatic carbocycles. The van der Waals surface area contributed by atoms with Crippen molar-refractivity contribution in [2.75, 3.05) is 42.3 Å². The highest BCUT2D eigenvalue weighted by Crippen LogP contribution is 2.31. The van der Waals surface area contributed by atoms with E-state index >= 15 is 0 Å². The summed E-state index contributed by atoms with van der Waals surface area (Å²) >= 11 is 0. The average Bonchev–Trinajstić information content (AvgIpc) is 2.73. The first kappa shape index (κ1) is 24.5. The Balaban J connectivity index is 1.81. The fourth-order valence-electron chi connectivity index (χ4n) is 3.80. The van der Waals surface area contributed by atoms with Crippen molar-refractivity contribution in [1.29, 1.82) is 0 Å². The fourth-order valence-corrected chi connectivity index (χ4v) is 5.11. The molecule has 0 radical (unpaired) electrons. The zero-order chi connectivity index (χ0) is 24.2. The molecule has 3 N–H and O–H groups in total. The second-order valence-corrected chi connectivity index (χ2v) is 10.0. The zero-order valence-corrected chi connectivity index (χ0v) is 19.9. The second-order valence-electron chi connectivity index (χ2n) is 8.39. The molecule has 0 spiro atoms. The summed E-state index contributed by atoms with van der Waals surface area (Å²) in [4.78, 5) is 27.7. The number of carboxylic acids is 1. The van der Waals surface area contributed by atoms with Gasteiger partial charge in [0.15, 0.2) is 0 Å². The van der Waals surface area contributed by atoms with Crippen LogP contribution in [0.25, 0.3) is 0 Å². The third kappa shape index (κ3) is 6.23. The summed E-state index contributed by atoms with van der Waals surface area (Å²) in [6.07, 6.45) is 0. The van der Waals surface area contributed by atoms with Crippen LogP contribution < -0.4 is 14.9 Å². The van der Waals surface area contributed by atoms with Gasteiger partial charge in [0, 0.05) is 32.2 Å². The van der Waals surface area contributed by atoms with Crippen LogP contribution in [-0.2, 0) is 14.8 Å². The maximum absolute atomic E-state index is 13.1. The van der Waals surface area contributed by atoms with Gasteiger partial charge < -0.3 is 15.3 Å². The van der Waals surface area contributed by atoms with Gasteiger partial charge in [-0.1, -0.05) is 18.2 Å². The molecule has 2 aromatic rings. The van der Waals surface area contributed by atoms with E-state index in [1.165, 1.54) is 18.2 Å². The Bertz CT molecular complexity index is 1130. The van der Waals surface area contributed by atoms with Crippen LogP contribution in [-0.4, -0.2) is 69.1 Å². The fraction of sp³-hybridized carbons (Fsp3) is 0.391. The molecule has 0 unspecified atom stereocenters. The van der Waals surface area contributed by atoms with Gasteiger partial charge in [0.25, 0.3) is 10.0 Å². The van der Waals surface area contributed by atoms with Crippen molar-refractivity contribution < 1.29 is 23.1 Å². The van der Waals surface area contributed by atoms with Gasteiger partial charge in [-0.2, -0.15) is 0 Å². The van der Waals surface area contributed by atoms with Crippen molar-refractivity contribution in [2.45, 2.75) is 31.7 Å². The normalized spacial score (nSPS) is 14.8. The number of anilines is 2. The first-order valence-corrected chi connectivity index (χ1v) is 12.3. The van der Waals surface area contributed by atoms with Crippen molar-refractivity contribution in [3.63, 3.8) is 0 Å². The molecule has 1 fully saturated rings. The number of hydrogen-bond donors (Lipinski definition) is 3. The molecule has 9 nitrogen and oxygen atoms in total. The Morgan fingerprint density at radius 2 is 1.73 bits per heavy atom. The SMILES string of the molecule is Cc1ccccc1S(=O)(=O)Nc1cc(C(=O)O)ccc1N1CCN(CC(=O)NC(C)C)CC1. The van der Waals surface area contributed by atoms with Gasteiger partial charge >= 0.3 is 5.97 Å². The van der Waals surface area contributed by atoms with E-state index in [9.17, 15) is 23.1 Å². The topological polar surface area (TPSA) is 119 Å². The molecular formula is C23H30N4O5S. The van der Waals surface area contributed by atoms with Gasteiger partial charge in [-0.05, 0) is 50.6 Å². The first-order chi connectivity index (χ1) is 15.6. The first-order valence-electron chi connectivity index (χ1n) is 10.8. The number of sulfonamides is 1. The Morgan fingerprint density at radius 1 is 1.06 bits per heavy atom. The lowest BCUT2D eigenvalue weighted by Gasteiger charge is -2.36. The number of aromatic carboxylic acids is 1. The smallest absolute Gasteiger partial charge is 0.335 e. The van der Waals surface area contributed by atoms with Gasteiger partial charge in [-0.15, -0.1) is 0 Å². The number of carbonyl (C=O) groups is 2. The molecule has 0 bridgehead atoms. The van der Waals surface area contributed by atoms with Crippen LogP contribution in [0.5, 0.6) is 0 Å². The molecular weight excluding hydrogens is 444 g/mol. The highest BCUT2D eigenvalue weighted by atomic mass is 32.2. The molecule has 10 heteroatoms. The van der Waals surface area contributed by atoms with Gasteiger partial charge in [0.05, 0.1) is 28.4 Å². The Hall–Kier alpha value is -3.11. The molecule has 1 aliphatic rings. The number of benzene rings is 2. The van der Waals surface area contributed by atoms with Crippen molar-refractivity contribution >= 4 is 33.3 Å². The van der Waals surface area contributed by atoms with Crippen molar-refractivity contribution in [1.82, 2.24) is 10.2 Å². The number of nitrogens with one attached hydrogen (secondary N) is 2. The van der Waals surface area contributed by atoms with Crippen LogP contribution in [0, 0.1) is 6.92 Å². The third-order valence-electron chi connectivity index (χ3n) is 5.40. The zero-order valence-electron chi connectivity index (χ0n) is 19.0. The quantitative estimate of drug-likeness (QED) is 0.536. The summed E-state index contributed by atoms with van der Waals surface area (Å²) in [6, 6.07) is 11.1. The summed E-state index contributed by atoms with van der Waals surface area (Å²) in [5.74, 6) is -1.17. The van der Waals surface area contributed by atoms with Gasteiger partial charge in [0.2, 0.25) is 5.91 Å². The number of amides is 1. The van der Waals surface area contributed by atoms with E-state index in [4.69, 9.17) is 0 Å². The van der Waals surface area contributed by atoms with Crippen molar-refractivity contribution in [3.05, 3.63) is 53.6 Å². The summed E-state index contributed by atoms with van der Waals surface area (Å²) in [5, 5.41) is 12.3. The lowest BCUT2D eigenvalue weighted by atomic mass is 10.1. The van der Waals surface area contributed by atoms with Gasteiger partial charge in [-0.25, -0.2) is 13.2 Å². The second kappa shape index (κ2) is 10.2. The van der Waals surface area contributed by atoms with Crippen molar-refractivity contribution in [3.8, 4) is 0 Å². The number of hydrogen-bond acceptors (Lipinski definition) is 6. The summed E-state index contributed by atoms with van der Waals surface area (Å²) in [7, 11) is -3.92. The summed E-state index contributed by atoms with van der Waals surface area (Å²) in [5.41, 5.74) is 1.40. The van der Waals surface area contributed by atoms with Crippen molar-refractivity contribution in [2.24, 2.45) is 0 Å². The van der Waals surface area contributed by atoms with E-state index in [-0.39, 0.29) is 28.1 Å². The van der Waals surface area contributed by atoms with E-state index in [0.717, 1.165) is 0 Å².